The summed E-state index contributed by atoms with van der Waals surface area (Å²) in [6.07, 6.45) is 0. The number of thiazole rings is 1. The molecule has 0 unspecified atom stereocenters. The maximum absolute atomic E-state index is 5.88. The van der Waals surface area contributed by atoms with Crippen LogP contribution in [0.25, 0.3) is 0 Å². The SMILES string of the molecule is COCc1nc(COc2cc(C)ccc2C)sc1CS. The van der Waals surface area contributed by atoms with Gasteiger partial charge < -0.3 is 9.47 Å². The van der Waals surface area contributed by atoms with Crippen molar-refractivity contribution in [2.24, 2.45) is 0 Å². The molecular formula is C15H19NO2S2. The normalized spacial score (nSPS) is 10.8. The maximum atomic E-state index is 5.88. The van der Waals surface area contributed by atoms with Crippen LogP contribution in [0.4, 0.5) is 0 Å². The van der Waals surface area contributed by atoms with E-state index in [1.165, 1.54) is 5.56 Å². The van der Waals surface area contributed by atoms with E-state index in [0.717, 1.165) is 26.9 Å². The van der Waals surface area contributed by atoms with Crippen molar-refractivity contribution in [1.29, 1.82) is 0 Å². The fourth-order valence-corrected chi connectivity index (χ4v) is 3.10. The number of aryl methyl sites for hydroxylation is 2. The standard InChI is InChI=1S/C15H19NO2S2/c1-10-4-5-11(2)13(6-10)18-8-15-16-12(7-17-3)14(9-19)20-15/h4-6,19H,7-9H2,1-3H3. The summed E-state index contributed by atoms with van der Waals surface area (Å²) < 4.78 is 11.0. The number of hydrogen-bond donors (Lipinski definition) is 1. The number of methoxy groups -OCH3 is 1. The molecule has 1 heterocycles. The molecule has 0 aliphatic heterocycles. The lowest BCUT2D eigenvalue weighted by Gasteiger charge is -2.08. The summed E-state index contributed by atoms with van der Waals surface area (Å²) in [6.45, 7) is 5.12. The van der Waals surface area contributed by atoms with E-state index in [4.69, 9.17) is 9.47 Å². The Morgan fingerprint density at radius 2 is 2.05 bits per heavy atom. The van der Waals surface area contributed by atoms with Gasteiger partial charge in [0, 0.05) is 17.7 Å². The molecule has 1 aromatic heterocycles. The predicted molar refractivity (Wildman–Crippen MR) is 85.8 cm³/mol. The van der Waals surface area contributed by atoms with Gasteiger partial charge in [0.1, 0.15) is 17.4 Å². The van der Waals surface area contributed by atoms with Crippen LogP contribution in [0.5, 0.6) is 5.75 Å². The van der Waals surface area contributed by atoms with E-state index in [-0.39, 0.29) is 0 Å². The van der Waals surface area contributed by atoms with E-state index in [9.17, 15) is 0 Å². The first-order valence-electron chi connectivity index (χ1n) is 6.41. The highest BCUT2D eigenvalue weighted by atomic mass is 32.1. The van der Waals surface area contributed by atoms with Crippen molar-refractivity contribution >= 4 is 24.0 Å². The van der Waals surface area contributed by atoms with E-state index < -0.39 is 0 Å². The molecule has 0 amide bonds. The monoisotopic (exact) mass is 309 g/mol. The molecule has 0 aliphatic rings. The maximum Gasteiger partial charge on any atom is 0.140 e. The third kappa shape index (κ3) is 3.75. The Bertz CT molecular complexity index is 581. The highest BCUT2D eigenvalue weighted by Crippen LogP contribution is 2.24. The lowest BCUT2D eigenvalue weighted by molar-refractivity contribution is 0.181. The van der Waals surface area contributed by atoms with Crippen molar-refractivity contribution in [1.82, 2.24) is 4.98 Å². The zero-order chi connectivity index (χ0) is 14.5. The van der Waals surface area contributed by atoms with Crippen molar-refractivity contribution in [3.63, 3.8) is 0 Å². The third-order valence-electron chi connectivity index (χ3n) is 2.94. The summed E-state index contributed by atoms with van der Waals surface area (Å²) >= 11 is 5.96. The van der Waals surface area contributed by atoms with Gasteiger partial charge >= 0.3 is 0 Å². The highest BCUT2D eigenvalue weighted by molar-refractivity contribution is 7.79. The molecule has 5 heteroatoms. The van der Waals surface area contributed by atoms with Crippen LogP contribution >= 0.6 is 24.0 Å². The van der Waals surface area contributed by atoms with Gasteiger partial charge in [-0.3, -0.25) is 0 Å². The Morgan fingerprint density at radius 1 is 1.25 bits per heavy atom. The van der Waals surface area contributed by atoms with Gasteiger partial charge in [-0.05, 0) is 31.0 Å². The Balaban J connectivity index is 2.08. The van der Waals surface area contributed by atoms with Crippen molar-refractivity contribution in [2.75, 3.05) is 7.11 Å². The van der Waals surface area contributed by atoms with Gasteiger partial charge in [-0.1, -0.05) is 12.1 Å². The van der Waals surface area contributed by atoms with Gasteiger partial charge in [-0.15, -0.1) is 11.3 Å². The molecule has 0 aliphatic carbocycles. The average molecular weight is 309 g/mol. The fraction of sp³-hybridized carbons (Fsp3) is 0.400. The molecule has 0 saturated heterocycles. The number of ether oxygens (including phenoxy) is 2. The molecule has 0 N–H and O–H groups in total. The number of benzene rings is 1. The van der Waals surface area contributed by atoms with Crippen molar-refractivity contribution in [3.8, 4) is 5.75 Å². The number of hydrogen-bond acceptors (Lipinski definition) is 5. The van der Waals surface area contributed by atoms with Crippen LogP contribution in [-0.2, 0) is 23.7 Å². The van der Waals surface area contributed by atoms with Crippen LogP contribution in [0.1, 0.15) is 26.7 Å². The zero-order valence-corrected chi connectivity index (χ0v) is 13.7. The van der Waals surface area contributed by atoms with Gasteiger partial charge in [0.25, 0.3) is 0 Å². The lowest BCUT2D eigenvalue weighted by Crippen LogP contribution is -1.98. The molecule has 0 saturated carbocycles. The Hall–Kier alpha value is -1.04. The summed E-state index contributed by atoms with van der Waals surface area (Å²) in [5, 5.41) is 0.960. The van der Waals surface area contributed by atoms with E-state index in [2.05, 4.69) is 42.7 Å². The van der Waals surface area contributed by atoms with Gasteiger partial charge in [-0.2, -0.15) is 12.6 Å². The Labute approximate surface area is 129 Å². The molecule has 2 rings (SSSR count). The number of nitrogens with zero attached hydrogens (tertiary/aromatic N) is 1. The molecular weight excluding hydrogens is 290 g/mol. The summed E-state index contributed by atoms with van der Waals surface area (Å²) in [6, 6.07) is 6.21. The molecule has 108 valence electrons. The van der Waals surface area contributed by atoms with Crippen molar-refractivity contribution in [2.45, 2.75) is 32.8 Å². The first-order chi connectivity index (χ1) is 9.63. The molecule has 0 spiro atoms. The van der Waals surface area contributed by atoms with Crippen molar-refractivity contribution in [3.05, 3.63) is 44.9 Å². The van der Waals surface area contributed by atoms with Gasteiger partial charge in [0.15, 0.2) is 0 Å². The quantitative estimate of drug-likeness (QED) is 0.821. The highest BCUT2D eigenvalue weighted by Gasteiger charge is 2.11. The first kappa shape index (κ1) is 15.4. The van der Waals surface area contributed by atoms with Gasteiger partial charge in [0.05, 0.1) is 12.3 Å². The number of rotatable bonds is 6. The zero-order valence-electron chi connectivity index (χ0n) is 12.0. The van der Waals surface area contributed by atoms with E-state index in [1.807, 2.05) is 6.92 Å². The number of thiol groups is 1. The van der Waals surface area contributed by atoms with E-state index >= 15 is 0 Å². The minimum absolute atomic E-state index is 0.486. The van der Waals surface area contributed by atoms with Crippen LogP contribution in [0, 0.1) is 13.8 Å². The van der Waals surface area contributed by atoms with Gasteiger partial charge in [-0.25, -0.2) is 4.98 Å². The third-order valence-corrected chi connectivity index (χ3v) is 4.54. The number of aromatic nitrogens is 1. The van der Waals surface area contributed by atoms with Crippen LogP contribution in [0.3, 0.4) is 0 Å². The molecule has 0 atom stereocenters. The fourth-order valence-electron chi connectivity index (χ4n) is 1.87. The van der Waals surface area contributed by atoms with Crippen LogP contribution in [0.15, 0.2) is 18.2 Å². The van der Waals surface area contributed by atoms with E-state index in [1.54, 1.807) is 18.4 Å². The summed E-state index contributed by atoms with van der Waals surface area (Å²) in [4.78, 5) is 5.71. The minimum atomic E-state index is 0.486. The molecule has 3 nitrogen and oxygen atoms in total. The van der Waals surface area contributed by atoms with E-state index in [0.29, 0.717) is 19.0 Å². The summed E-state index contributed by atoms with van der Waals surface area (Å²) in [5.41, 5.74) is 3.30. The molecule has 0 radical (unpaired) electrons. The topological polar surface area (TPSA) is 31.4 Å². The second-order valence-electron chi connectivity index (χ2n) is 4.63. The molecule has 0 bridgehead atoms. The summed E-state index contributed by atoms with van der Waals surface area (Å²) in [7, 11) is 1.67. The first-order valence-corrected chi connectivity index (χ1v) is 7.86. The van der Waals surface area contributed by atoms with Crippen LogP contribution in [0.2, 0.25) is 0 Å². The summed E-state index contributed by atoms with van der Waals surface area (Å²) in [5.74, 6) is 1.60. The van der Waals surface area contributed by atoms with Crippen molar-refractivity contribution < 1.29 is 9.47 Å². The predicted octanol–water partition coefficient (Wildman–Crippen LogP) is 3.92. The molecule has 1 aromatic carbocycles. The van der Waals surface area contributed by atoms with Crippen LogP contribution < -0.4 is 4.74 Å². The average Bonchev–Trinajstić information content (AvgIpc) is 2.82. The second kappa shape index (κ2) is 7.11. The largest absolute Gasteiger partial charge is 0.486 e. The lowest BCUT2D eigenvalue weighted by atomic mass is 10.1. The smallest absolute Gasteiger partial charge is 0.140 e. The molecule has 20 heavy (non-hydrogen) atoms. The van der Waals surface area contributed by atoms with Crippen LogP contribution in [-0.4, -0.2) is 12.1 Å². The molecule has 2 aromatic rings. The minimum Gasteiger partial charge on any atom is -0.486 e. The Kier molecular flexibility index (Phi) is 5.46. The molecule has 0 fully saturated rings. The second-order valence-corrected chi connectivity index (χ2v) is 6.11. The Morgan fingerprint density at radius 3 is 2.75 bits per heavy atom. The van der Waals surface area contributed by atoms with Gasteiger partial charge in [0.2, 0.25) is 0 Å².